The fourth-order valence-corrected chi connectivity index (χ4v) is 2.45. The lowest BCUT2D eigenvalue weighted by molar-refractivity contribution is -0.123. The number of nitrogens with one attached hydrogen (secondary N) is 1. The van der Waals surface area contributed by atoms with Crippen molar-refractivity contribution in [1.29, 1.82) is 0 Å². The minimum atomic E-state index is -0.200. The van der Waals surface area contributed by atoms with Gasteiger partial charge in [0.15, 0.2) is 6.61 Å². The number of anilines is 1. The van der Waals surface area contributed by atoms with E-state index in [4.69, 9.17) is 10.5 Å². The molecule has 5 nitrogen and oxygen atoms in total. The molecule has 106 valence electrons. The summed E-state index contributed by atoms with van der Waals surface area (Å²) < 4.78 is 5.39. The smallest absolute Gasteiger partial charge is 0.258 e. The molecule has 1 heterocycles. The number of carbonyl (C=O) groups is 1. The zero-order valence-corrected chi connectivity index (χ0v) is 12.2. The summed E-state index contributed by atoms with van der Waals surface area (Å²) in [5, 5.41) is 3.73. The van der Waals surface area contributed by atoms with Crippen molar-refractivity contribution in [3.8, 4) is 5.75 Å². The maximum absolute atomic E-state index is 11.8. The number of ether oxygens (including phenoxy) is 1. The van der Waals surface area contributed by atoms with E-state index in [9.17, 15) is 4.79 Å². The third-order valence-corrected chi connectivity index (χ3v) is 3.76. The third kappa shape index (κ3) is 3.71. The summed E-state index contributed by atoms with van der Waals surface area (Å²) in [6, 6.07) is 6.96. The normalized spacial score (nSPS) is 11.9. The highest BCUT2D eigenvalue weighted by Crippen LogP contribution is 2.20. The van der Waals surface area contributed by atoms with Gasteiger partial charge in [-0.3, -0.25) is 4.79 Å². The van der Waals surface area contributed by atoms with Crippen molar-refractivity contribution >= 4 is 22.9 Å². The van der Waals surface area contributed by atoms with Crippen LogP contribution < -0.4 is 15.8 Å². The molecule has 0 aliphatic rings. The van der Waals surface area contributed by atoms with Crippen LogP contribution in [0.15, 0.2) is 30.5 Å². The SMILES string of the molecule is Cc1cnc(C(C)NC(=O)COc2ccccc2N)s1. The van der Waals surface area contributed by atoms with Crippen LogP contribution >= 0.6 is 11.3 Å². The molecule has 0 saturated carbocycles. The van der Waals surface area contributed by atoms with Crippen LogP contribution in [0.25, 0.3) is 0 Å². The van der Waals surface area contributed by atoms with E-state index in [0.29, 0.717) is 11.4 Å². The van der Waals surface area contributed by atoms with Crippen molar-refractivity contribution in [2.75, 3.05) is 12.3 Å². The zero-order valence-electron chi connectivity index (χ0n) is 11.4. The molecule has 1 unspecified atom stereocenters. The van der Waals surface area contributed by atoms with E-state index in [-0.39, 0.29) is 18.6 Å². The predicted octanol–water partition coefficient (Wildman–Crippen LogP) is 2.29. The number of aryl methyl sites for hydroxylation is 1. The second-order valence-electron chi connectivity index (χ2n) is 4.42. The minimum Gasteiger partial charge on any atom is -0.482 e. The Hall–Kier alpha value is -2.08. The van der Waals surface area contributed by atoms with Crippen molar-refractivity contribution in [1.82, 2.24) is 10.3 Å². The first-order valence-electron chi connectivity index (χ1n) is 6.25. The number of nitrogens with two attached hydrogens (primary N) is 1. The highest BCUT2D eigenvalue weighted by Gasteiger charge is 2.13. The van der Waals surface area contributed by atoms with Crippen LogP contribution in [0.1, 0.15) is 22.9 Å². The minimum absolute atomic E-state index is 0.0666. The Morgan fingerprint density at radius 2 is 2.25 bits per heavy atom. The van der Waals surface area contributed by atoms with Crippen molar-refractivity contribution in [3.05, 3.63) is 40.3 Å². The molecule has 6 heteroatoms. The number of aromatic nitrogens is 1. The van der Waals surface area contributed by atoms with Gasteiger partial charge in [-0.15, -0.1) is 11.3 Å². The number of nitrogen functional groups attached to an aromatic ring is 1. The molecule has 2 aromatic rings. The van der Waals surface area contributed by atoms with Gasteiger partial charge >= 0.3 is 0 Å². The summed E-state index contributed by atoms with van der Waals surface area (Å²) in [6.45, 7) is 3.81. The lowest BCUT2D eigenvalue weighted by atomic mass is 10.3. The molecule has 0 spiro atoms. The van der Waals surface area contributed by atoms with Gasteiger partial charge in [0.2, 0.25) is 0 Å². The first-order chi connectivity index (χ1) is 9.56. The van der Waals surface area contributed by atoms with Gasteiger partial charge < -0.3 is 15.8 Å². The molecule has 2 rings (SSSR count). The summed E-state index contributed by atoms with van der Waals surface area (Å²) in [4.78, 5) is 17.2. The third-order valence-electron chi connectivity index (χ3n) is 2.66. The van der Waals surface area contributed by atoms with Crippen LogP contribution in [-0.2, 0) is 4.79 Å². The van der Waals surface area contributed by atoms with Crippen molar-refractivity contribution in [3.63, 3.8) is 0 Å². The van der Waals surface area contributed by atoms with Gasteiger partial charge in [-0.1, -0.05) is 12.1 Å². The maximum atomic E-state index is 11.8. The number of benzene rings is 1. The zero-order chi connectivity index (χ0) is 14.5. The van der Waals surface area contributed by atoms with Crippen LogP contribution in [0.2, 0.25) is 0 Å². The molecule has 20 heavy (non-hydrogen) atoms. The summed E-state index contributed by atoms with van der Waals surface area (Å²) in [6.07, 6.45) is 1.80. The number of carbonyl (C=O) groups excluding carboxylic acids is 1. The van der Waals surface area contributed by atoms with Crippen molar-refractivity contribution in [2.45, 2.75) is 19.9 Å². The van der Waals surface area contributed by atoms with Gasteiger partial charge in [0.1, 0.15) is 10.8 Å². The summed E-state index contributed by atoms with van der Waals surface area (Å²) in [7, 11) is 0. The number of para-hydroxylation sites is 2. The van der Waals surface area contributed by atoms with E-state index in [0.717, 1.165) is 9.88 Å². The van der Waals surface area contributed by atoms with Crippen LogP contribution in [0.5, 0.6) is 5.75 Å². The standard InChI is InChI=1S/C14H17N3O2S/c1-9-7-16-14(20-9)10(2)17-13(18)8-19-12-6-4-3-5-11(12)15/h3-7,10H,8,15H2,1-2H3,(H,17,18). The number of amides is 1. The molecular weight excluding hydrogens is 274 g/mol. The first kappa shape index (κ1) is 14.3. The van der Waals surface area contributed by atoms with Gasteiger partial charge in [0, 0.05) is 11.1 Å². The lowest BCUT2D eigenvalue weighted by Crippen LogP contribution is -2.31. The van der Waals surface area contributed by atoms with Gasteiger partial charge in [-0.05, 0) is 26.0 Å². The Morgan fingerprint density at radius 1 is 1.50 bits per heavy atom. The summed E-state index contributed by atoms with van der Waals surface area (Å²) in [5.41, 5.74) is 6.25. The Morgan fingerprint density at radius 3 is 2.90 bits per heavy atom. The van der Waals surface area contributed by atoms with Gasteiger partial charge in [-0.2, -0.15) is 0 Å². The number of rotatable bonds is 5. The fraction of sp³-hybridized carbons (Fsp3) is 0.286. The molecule has 0 bridgehead atoms. The maximum Gasteiger partial charge on any atom is 0.258 e. The Kier molecular flexibility index (Phi) is 4.57. The Balaban J connectivity index is 1.85. The molecule has 3 N–H and O–H groups in total. The topological polar surface area (TPSA) is 77.2 Å². The van der Waals surface area contributed by atoms with Crippen LogP contribution in [-0.4, -0.2) is 17.5 Å². The number of nitrogens with zero attached hydrogens (tertiary/aromatic N) is 1. The fourth-order valence-electron chi connectivity index (χ4n) is 1.67. The molecule has 1 atom stereocenters. The van der Waals surface area contributed by atoms with Crippen molar-refractivity contribution < 1.29 is 9.53 Å². The number of hydrogen-bond donors (Lipinski definition) is 2. The molecule has 1 aromatic carbocycles. The van der Waals surface area contributed by atoms with E-state index in [1.807, 2.05) is 26.0 Å². The quantitative estimate of drug-likeness (QED) is 0.829. The van der Waals surface area contributed by atoms with E-state index in [1.165, 1.54) is 0 Å². The van der Waals surface area contributed by atoms with Crippen LogP contribution in [0, 0.1) is 6.92 Å². The highest BCUT2D eigenvalue weighted by molar-refractivity contribution is 7.11. The molecule has 1 aromatic heterocycles. The largest absolute Gasteiger partial charge is 0.482 e. The van der Waals surface area contributed by atoms with E-state index < -0.39 is 0 Å². The van der Waals surface area contributed by atoms with E-state index in [1.54, 1.807) is 29.7 Å². The predicted molar refractivity (Wildman–Crippen MR) is 79.8 cm³/mol. The highest BCUT2D eigenvalue weighted by atomic mass is 32.1. The lowest BCUT2D eigenvalue weighted by Gasteiger charge is -2.12. The second kappa shape index (κ2) is 6.38. The van der Waals surface area contributed by atoms with Crippen LogP contribution in [0.4, 0.5) is 5.69 Å². The first-order valence-corrected chi connectivity index (χ1v) is 7.07. The van der Waals surface area contributed by atoms with Crippen molar-refractivity contribution in [2.24, 2.45) is 0 Å². The van der Waals surface area contributed by atoms with Gasteiger partial charge in [-0.25, -0.2) is 4.98 Å². The number of hydrogen-bond acceptors (Lipinski definition) is 5. The monoisotopic (exact) mass is 291 g/mol. The molecule has 0 saturated heterocycles. The molecule has 0 radical (unpaired) electrons. The Bertz CT molecular complexity index is 598. The number of thiazole rings is 1. The average molecular weight is 291 g/mol. The molecule has 0 aliphatic carbocycles. The summed E-state index contributed by atoms with van der Waals surface area (Å²) >= 11 is 1.57. The molecular formula is C14H17N3O2S. The average Bonchev–Trinajstić information content (AvgIpc) is 2.84. The van der Waals surface area contributed by atoms with E-state index in [2.05, 4.69) is 10.3 Å². The van der Waals surface area contributed by atoms with Gasteiger partial charge in [0.05, 0.1) is 11.7 Å². The second-order valence-corrected chi connectivity index (χ2v) is 5.69. The molecule has 0 fully saturated rings. The van der Waals surface area contributed by atoms with Crippen LogP contribution in [0.3, 0.4) is 0 Å². The molecule has 0 aliphatic heterocycles. The van der Waals surface area contributed by atoms with E-state index >= 15 is 0 Å². The summed E-state index contributed by atoms with van der Waals surface area (Å²) in [5.74, 6) is 0.314. The van der Waals surface area contributed by atoms with Gasteiger partial charge in [0.25, 0.3) is 5.91 Å². The molecule has 1 amide bonds. The Labute approximate surface area is 121 Å².